The number of hydrogen-bond donors (Lipinski definition) is 2. The lowest BCUT2D eigenvalue weighted by molar-refractivity contribution is -0.106. The SMILES string of the molecule is Nc1ccccc1N(C=O)c1ccc(Nc2ccccc2)cc1. The number of nitrogens with one attached hydrogen (secondary N) is 1. The zero-order chi connectivity index (χ0) is 16.1. The Kier molecular flexibility index (Phi) is 4.25. The second kappa shape index (κ2) is 6.66. The van der Waals surface area contributed by atoms with Gasteiger partial charge in [0.25, 0.3) is 0 Å². The summed E-state index contributed by atoms with van der Waals surface area (Å²) in [5.41, 5.74) is 9.91. The average molecular weight is 303 g/mol. The van der Waals surface area contributed by atoms with E-state index >= 15 is 0 Å². The summed E-state index contributed by atoms with van der Waals surface area (Å²) in [5.74, 6) is 0. The van der Waals surface area contributed by atoms with Gasteiger partial charge >= 0.3 is 0 Å². The number of nitrogen functional groups attached to an aromatic ring is 1. The lowest BCUT2D eigenvalue weighted by atomic mass is 10.2. The van der Waals surface area contributed by atoms with Crippen molar-refractivity contribution < 1.29 is 4.79 Å². The van der Waals surface area contributed by atoms with E-state index in [1.54, 1.807) is 6.07 Å². The van der Waals surface area contributed by atoms with Gasteiger partial charge in [-0.1, -0.05) is 30.3 Å². The number of para-hydroxylation sites is 3. The number of carbonyl (C=O) groups excluding carboxylic acids is 1. The molecule has 0 fully saturated rings. The summed E-state index contributed by atoms with van der Waals surface area (Å²) in [6, 6.07) is 24.8. The minimum Gasteiger partial charge on any atom is -0.397 e. The molecule has 0 saturated carbocycles. The molecular formula is C19H17N3O. The van der Waals surface area contributed by atoms with E-state index in [1.165, 1.54) is 4.90 Å². The van der Waals surface area contributed by atoms with E-state index < -0.39 is 0 Å². The van der Waals surface area contributed by atoms with Crippen LogP contribution in [-0.2, 0) is 4.79 Å². The Morgan fingerprint density at radius 1 is 0.783 bits per heavy atom. The normalized spacial score (nSPS) is 10.1. The molecule has 3 rings (SSSR count). The summed E-state index contributed by atoms with van der Waals surface area (Å²) >= 11 is 0. The Bertz CT molecular complexity index is 785. The highest BCUT2D eigenvalue weighted by atomic mass is 16.1. The summed E-state index contributed by atoms with van der Waals surface area (Å²) in [6.45, 7) is 0. The second-order valence-electron chi connectivity index (χ2n) is 5.07. The van der Waals surface area contributed by atoms with Crippen molar-refractivity contribution in [3.63, 3.8) is 0 Å². The van der Waals surface area contributed by atoms with Gasteiger partial charge in [0.1, 0.15) is 0 Å². The molecule has 0 aliphatic rings. The fourth-order valence-corrected chi connectivity index (χ4v) is 2.36. The summed E-state index contributed by atoms with van der Waals surface area (Å²) in [7, 11) is 0. The molecule has 4 heteroatoms. The molecule has 0 aliphatic heterocycles. The van der Waals surface area contributed by atoms with E-state index in [9.17, 15) is 4.79 Å². The third-order valence-electron chi connectivity index (χ3n) is 3.51. The van der Waals surface area contributed by atoms with E-state index in [1.807, 2.05) is 72.8 Å². The fourth-order valence-electron chi connectivity index (χ4n) is 2.36. The molecule has 3 aromatic rings. The van der Waals surface area contributed by atoms with Crippen molar-refractivity contribution in [2.45, 2.75) is 0 Å². The summed E-state index contributed by atoms with van der Waals surface area (Å²) in [6.07, 6.45) is 0.769. The van der Waals surface area contributed by atoms with Gasteiger partial charge in [-0.3, -0.25) is 9.69 Å². The van der Waals surface area contributed by atoms with Crippen molar-refractivity contribution >= 4 is 34.8 Å². The van der Waals surface area contributed by atoms with Crippen LogP contribution in [-0.4, -0.2) is 6.41 Å². The number of nitrogens with zero attached hydrogens (tertiary/aromatic N) is 1. The highest BCUT2D eigenvalue weighted by Crippen LogP contribution is 2.30. The van der Waals surface area contributed by atoms with Gasteiger partial charge in [-0.2, -0.15) is 0 Å². The largest absolute Gasteiger partial charge is 0.397 e. The number of hydrogen-bond acceptors (Lipinski definition) is 3. The van der Waals surface area contributed by atoms with Crippen LogP contribution in [0.3, 0.4) is 0 Å². The first-order chi connectivity index (χ1) is 11.3. The van der Waals surface area contributed by atoms with Gasteiger partial charge in [0.2, 0.25) is 6.41 Å². The minimum absolute atomic E-state index is 0.561. The van der Waals surface area contributed by atoms with Crippen LogP contribution in [0.5, 0.6) is 0 Å². The molecule has 0 unspecified atom stereocenters. The number of nitrogens with two attached hydrogens (primary N) is 1. The Labute approximate surface area is 135 Å². The maximum Gasteiger partial charge on any atom is 0.218 e. The first kappa shape index (κ1) is 14.7. The first-order valence-electron chi connectivity index (χ1n) is 7.29. The Morgan fingerprint density at radius 3 is 2.04 bits per heavy atom. The molecule has 0 radical (unpaired) electrons. The molecule has 3 aromatic carbocycles. The van der Waals surface area contributed by atoms with Crippen molar-refractivity contribution in [2.24, 2.45) is 0 Å². The van der Waals surface area contributed by atoms with Crippen molar-refractivity contribution in [3.05, 3.63) is 78.9 Å². The highest BCUT2D eigenvalue weighted by Gasteiger charge is 2.10. The van der Waals surface area contributed by atoms with Crippen LogP contribution in [0.15, 0.2) is 78.9 Å². The van der Waals surface area contributed by atoms with Gasteiger partial charge in [0, 0.05) is 17.1 Å². The van der Waals surface area contributed by atoms with E-state index in [-0.39, 0.29) is 0 Å². The molecule has 0 aromatic heterocycles. The van der Waals surface area contributed by atoms with E-state index in [2.05, 4.69) is 5.32 Å². The van der Waals surface area contributed by atoms with E-state index in [0.29, 0.717) is 11.4 Å². The smallest absolute Gasteiger partial charge is 0.218 e. The molecular weight excluding hydrogens is 286 g/mol. The van der Waals surface area contributed by atoms with Crippen LogP contribution in [0.1, 0.15) is 0 Å². The first-order valence-corrected chi connectivity index (χ1v) is 7.29. The molecule has 0 bridgehead atoms. The van der Waals surface area contributed by atoms with E-state index in [0.717, 1.165) is 23.5 Å². The predicted octanol–water partition coefficient (Wildman–Crippen LogP) is 4.31. The lowest BCUT2D eigenvalue weighted by Crippen LogP contribution is -2.15. The Morgan fingerprint density at radius 2 is 1.39 bits per heavy atom. The maximum atomic E-state index is 11.5. The van der Waals surface area contributed by atoms with Gasteiger partial charge in [-0.15, -0.1) is 0 Å². The third kappa shape index (κ3) is 3.32. The molecule has 4 nitrogen and oxygen atoms in total. The quantitative estimate of drug-likeness (QED) is 0.545. The molecule has 3 N–H and O–H groups in total. The molecule has 0 aliphatic carbocycles. The number of benzene rings is 3. The fraction of sp³-hybridized carbons (Fsp3) is 0. The van der Waals surface area contributed by atoms with Crippen LogP contribution >= 0.6 is 0 Å². The Balaban J connectivity index is 1.83. The molecule has 0 heterocycles. The Hall–Kier alpha value is -3.27. The third-order valence-corrected chi connectivity index (χ3v) is 3.51. The maximum absolute atomic E-state index is 11.5. The number of anilines is 5. The summed E-state index contributed by atoms with van der Waals surface area (Å²) in [4.78, 5) is 13.0. The monoisotopic (exact) mass is 303 g/mol. The summed E-state index contributed by atoms with van der Waals surface area (Å²) in [5, 5.41) is 3.31. The van der Waals surface area contributed by atoms with Crippen molar-refractivity contribution in [1.82, 2.24) is 0 Å². The predicted molar refractivity (Wildman–Crippen MR) is 95.2 cm³/mol. The molecule has 114 valence electrons. The second-order valence-corrected chi connectivity index (χ2v) is 5.07. The number of amides is 1. The van der Waals surface area contributed by atoms with Crippen LogP contribution in [0.2, 0.25) is 0 Å². The highest BCUT2D eigenvalue weighted by molar-refractivity contribution is 5.91. The molecule has 0 atom stereocenters. The minimum atomic E-state index is 0.561. The van der Waals surface area contributed by atoms with Crippen molar-refractivity contribution in [1.29, 1.82) is 0 Å². The van der Waals surface area contributed by atoms with Gasteiger partial charge in [-0.05, 0) is 48.5 Å². The van der Waals surface area contributed by atoms with Gasteiger partial charge < -0.3 is 11.1 Å². The summed E-state index contributed by atoms with van der Waals surface area (Å²) < 4.78 is 0. The standard InChI is InChI=1S/C19H17N3O/c20-18-8-4-5-9-19(18)22(14-23)17-12-10-16(11-13-17)21-15-6-2-1-3-7-15/h1-14,21H,20H2. The van der Waals surface area contributed by atoms with Gasteiger partial charge in [0.15, 0.2) is 0 Å². The zero-order valence-corrected chi connectivity index (χ0v) is 12.5. The molecule has 1 amide bonds. The number of rotatable bonds is 5. The van der Waals surface area contributed by atoms with Crippen LogP contribution in [0.4, 0.5) is 28.4 Å². The topological polar surface area (TPSA) is 58.4 Å². The van der Waals surface area contributed by atoms with Gasteiger partial charge in [0.05, 0.1) is 11.4 Å². The van der Waals surface area contributed by atoms with Crippen LogP contribution in [0, 0.1) is 0 Å². The molecule has 23 heavy (non-hydrogen) atoms. The van der Waals surface area contributed by atoms with Gasteiger partial charge in [-0.25, -0.2) is 0 Å². The van der Waals surface area contributed by atoms with Crippen molar-refractivity contribution in [2.75, 3.05) is 16.0 Å². The number of carbonyl (C=O) groups is 1. The van der Waals surface area contributed by atoms with Crippen LogP contribution < -0.4 is 16.0 Å². The van der Waals surface area contributed by atoms with Crippen molar-refractivity contribution in [3.8, 4) is 0 Å². The zero-order valence-electron chi connectivity index (χ0n) is 12.5. The average Bonchev–Trinajstić information content (AvgIpc) is 2.59. The van der Waals surface area contributed by atoms with Crippen LogP contribution in [0.25, 0.3) is 0 Å². The molecule has 0 spiro atoms. The van der Waals surface area contributed by atoms with E-state index in [4.69, 9.17) is 5.73 Å². The molecule has 0 saturated heterocycles. The lowest BCUT2D eigenvalue weighted by Gasteiger charge is -2.19.